The van der Waals surface area contributed by atoms with Gasteiger partial charge in [0.15, 0.2) is 0 Å². The Bertz CT molecular complexity index is 768. The number of aliphatic hydroxyl groups excluding tert-OH is 1. The number of sulfonamides is 1. The van der Waals surface area contributed by atoms with Crippen LogP contribution in [-0.4, -0.2) is 37.5 Å². The number of thiophene rings is 1. The fourth-order valence-electron chi connectivity index (χ4n) is 2.34. The van der Waals surface area contributed by atoms with Crippen LogP contribution in [0.3, 0.4) is 0 Å². The molecule has 3 rings (SSSR count). The van der Waals surface area contributed by atoms with Crippen molar-refractivity contribution in [1.29, 1.82) is 0 Å². The molecule has 1 aliphatic carbocycles. The number of fused-ring (bicyclic) bond motifs is 1. The molecule has 1 N–H and O–H groups in total. The summed E-state index contributed by atoms with van der Waals surface area (Å²) in [6.45, 7) is 0.130. The lowest BCUT2D eigenvalue weighted by molar-refractivity contribution is 0.131. The summed E-state index contributed by atoms with van der Waals surface area (Å²) in [5.41, 5.74) is 0. The van der Waals surface area contributed by atoms with Gasteiger partial charge in [0.2, 0.25) is 10.0 Å². The third-order valence-electron chi connectivity index (χ3n) is 3.80. The highest BCUT2D eigenvalue weighted by Gasteiger charge is 2.33. The fourth-order valence-corrected chi connectivity index (χ4v) is 5.14. The van der Waals surface area contributed by atoms with Gasteiger partial charge in [0.05, 0.1) is 6.10 Å². The Balaban J connectivity index is 1.93. The molecule has 114 valence electrons. The van der Waals surface area contributed by atoms with Gasteiger partial charge in [-0.15, -0.1) is 11.3 Å². The summed E-state index contributed by atoms with van der Waals surface area (Å²) in [4.78, 5) is 0.260. The number of likely N-dealkylation sites (N-methyl/N-ethyl adjacent to an activating group) is 1. The third kappa shape index (κ3) is 2.96. The summed E-state index contributed by atoms with van der Waals surface area (Å²) in [5, 5.41) is 12.7. The predicted octanol–water partition coefficient (Wildman–Crippen LogP) is 2.95. The maximum Gasteiger partial charge on any atom is 0.244 e. The van der Waals surface area contributed by atoms with Crippen molar-refractivity contribution in [2.45, 2.75) is 23.8 Å². The number of benzene rings is 1. The number of nitrogens with zero attached hydrogens (tertiary/aromatic N) is 1. The van der Waals surface area contributed by atoms with Crippen molar-refractivity contribution in [3.8, 4) is 0 Å². The molecule has 1 aromatic heterocycles. The second kappa shape index (κ2) is 5.52. The van der Waals surface area contributed by atoms with Crippen LogP contribution in [0.25, 0.3) is 10.1 Å². The molecule has 1 unspecified atom stereocenters. The molecule has 0 amide bonds. The lowest BCUT2D eigenvalue weighted by Gasteiger charge is -2.20. The molecule has 1 fully saturated rings. The van der Waals surface area contributed by atoms with Crippen LogP contribution in [0.5, 0.6) is 0 Å². The smallest absolute Gasteiger partial charge is 0.244 e. The first-order valence-corrected chi connectivity index (χ1v) is 9.40. The number of aliphatic hydroxyl groups is 1. The highest BCUT2D eigenvalue weighted by molar-refractivity contribution is 7.89. The molecule has 4 nitrogen and oxygen atoms in total. The molecule has 1 aliphatic rings. The number of halogens is 1. The van der Waals surface area contributed by atoms with Crippen LogP contribution in [-0.2, 0) is 10.0 Å². The van der Waals surface area contributed by atoms with Crippen molar-refractivity contribution in [3.63, 3.8) is 0 Å². The van der Waals surface area contributed by atoms with Gasteiger partial charge in [-0.05, 0) is 37.0 Å². The van der Waals surface area contributed by atoms with Crippen LogP contribution in [0.1, 0.15) is 12.8 Å². The van der Waals surface area contributed by atoms with E-state index in [1.807, 2.05) is 6.07 Å². The van der Waals surface area contributed by atoms with Gasteiger partial charge in [-0.1, -0.05) is 11.6 Å². The largest absolute Gasteiger partial charge is 0.391 e. The molecule has 1 atom stereocenters. The van der Waals surface area contributed by atoms with Crippen molar-refractivity contribution in [3.05, 3.63) is 28.6 Å². The standard InChI is InChI=1S/C14H16ClNO3S2/c1-16(7-12(17)9-2-3-9)21(18,19)14-8-20-13-5-4-10(15)6-11(13)14/h4-6,8-9,12,17H,2-3,7H2,1H3. The third-order valence-corrected chi connectivity index (χ3v) is 7.01. The maximum absolute atomic E-state index is 12.7. The molecular weight excluding hydrogens is 330 g/mol. The van der Waals surface area contributed by atoms with Crippen LogP contribution in [0.15, 0.2) is 28.5 Å². The van der Waals surface area contributed by atoms with Crippen molar-refractivity contribution >= 4 is 43.0 Å². The summed E-state index contributed by atoms with van der Waals surface area (Å²) in [6, 6.07) is 5.24. The Morgan fingerprint density at radius 2 is 2.19 bits per heavy atom. The van der Waals surface area contributed by atoms with Gasteiger partial charge in [-0.3, -0.25) is 0 Å². The number of hydrogen-bond acceptors (Lipinski definition) is 4. The van der Waals surface area contributed by atoms with E-state index in [0.717, 1.165) is 17.5 Å². The maximum atomic E-state index is 12.7. The van der Waals surface area contributed by atoms with Crippen molar-refractivity contribution < 1.29 is 13.5 Å². The van der Waals surface area contributed by atoms with Gasteiger partial charge < -0.3 is 5.11 Å². The van der Waals surface area contributed by atoms with Crippen molar-refractivity contribution in [2.24, 2.45) is 5.92 Å². The first kappa shape index (κ1) is 15.2. The Hall–Kier alpha value is -0.660. The van der Waals surface area contributed by atoms with E-state index in [-0.39, 0.29) is 17.4 Å². The van der Waals surface area contributed by atoms with E-state index in [0.29, 0.717) is 10.4 Å². The van der Waals surface area contributed by atoms with Crippen LogP contribution < -0.4 is 0 Å². The molecular formula is C14H16ClNO3S2. The quantitative estimate of drug-likeness (QED) is 0.906. The van der Waals surface area contributed by atoms with E-state index in [2.05, 4.69) is 0 Å². The SMILES string of the molecule is CN(CC(O)C1CC1)S(=O)(=O)c1csc2ccc(Cl)cc12. The second-order valence-electron chi connectivity index (χ2n) is 5.43. The highest BCUT2D eigenvalue weighted by atomic mass is 35.5. The molecule has 1 saturated carbocycles. The molecule has 1 aromatic carbocycles. The fraction of sp³-hybridized carbons (Fsp3) is 0.429. The van der Waals surface area contributed by atoms with Crippen LogP contribution in [0.4, 0.5) is 0 Å². The second-order valence-corrected chi connectivity index (χ2v) is 8.79. The van der Waals surface area contributed by atoms with Crippen LogP contribution in [0.2, 0.25) is 5.02 Å². The molecule has 0 bridgehead atoms. The van der Waals surface area contributed by atoms with E-state index in [1.165, 1.54) is 22.7 Å². The first-order valence-electron chi connectivity index (χ1n) is 6.71. The minimum Gasteiger partial charge on any atom is -0.391 e. The van der Waals surface area contributed by atoms with E-state index >= 15 is 0 Å². The monoisotopic (exact) mass is 345 g/mol. The van der Waals surface area contributed by atoms with Gasteiger partial charge in [0.1, 0.15) is 4.90 Å². The van der Waals surface area contributed by atoms with Crippen LogP contribution >= 0.6 is 22.9 Å². The lowest BCUT2D eigenvalue weighted by atomic mass is 10.2. The Labute approximate surface area is 133 Å². The summed E-state index contributed by atoms with van der Waals surface area (Å²) < 4.78 is 27.5. The molecule has 0 aliphatic heterocycles. The lowest BCUT2D eigenvalue weighted by Crippen LogP contribution is -2.35. The summed E-state index contributed by atoms with van der Waals surface area (Å²) >= 11 is 7.35. The van der Waals surface area contributed by atoms with E-state index < -0.39 is 16.1 Å². The molecule has 0 saturated heterocycles. The highest BCUT2D eigenvalue weighted by Crippen LogP contribution is 2.35. The molecule has 1 heterocycles. The minimum absolute atomic E-state index is 0.130. The van der Waals surface area contributed by atoms with Gasteiger partial charge >= 0.3 is 0 Å². The number of rotatable bonds is 5. The van der Waals surface area contributed by atoms with Gasteiger partial charge in [0.25, 0.3) is 0 Å². The summed E-state index contributed by atoms with van der Waals surface area (Å²) in [7, 11) is -2.11. The zero-order chi connectivity index (χ0) is 15.2. The van der Waals surface area contributed by atoms with E-state index in [4.69, 9.17) is 11.6 Å². The zero-order valence-corrected chi connectivity index (χ0v) is 13.9. The molecule has 21 heavy (non-hydrogen) atoms. The van der Waals surface area contributed by atoms with Gasteiger partial charge in [0, 0.05) is 34.1 Å². The topological polar surface area (TPSA) is 57.6 Å². The normalized spacial score (nSPS) is 17.5. The average Bonchev–Trinajstić information content (AvgIpc) is 3.18. The van der Waals surface area contributed by atoms with Gasteiger partial charge in [-0.2, -0.15) is 4.31 Å². The molecule has 7 heteroatoms. The molecule has 0 radical (unpaired) electrons. The van der Waals surface area contributed by atoms with Crippen molar-refractivity contribution in [2.75, 3.05) is 13.6 Å². The zero-order valence-electron chi connectivity index (χ0n) is 11.5. The van der Waals surface area contributed by atoms with E-state index in [1.54, 1.807) is 17.5 Å². The summed E-state index contributed by atoms with van der Waals surface area (Å²) in [6.07, 6.45) is 1.37. The molecule has 2 aromatic rings. The minimum atomic E-state index is -3.61. The Kier molecular flexibility index (Phi) is 4.00. The van der Waals surface area contributed by atoms with Crippen LogP contribution in [0, 0.1) is 5.92 Å². The number of hydrogen-bond donors (Lipinski definition) is 1. The van der Waals surface area contributed by atoms with Gasteiger partial charge in [-0.25, -0.2) is 8.42 Å². The summed E-state index contributed by atoms with van der Waals surface area (Å²) in [5.74, 6) is 0.247. The molecule has 0 spiro atoms. The van der Waals surface area contributed by atoms with E-state index in [9.17, 15) is 13.5 Å². The first-order chi connectivity index (χ1) is 9.89. The predicted molar refractivity (Wildman–Crippen MR) is 85.4 cm³/mol. The average molecular weight is 346 g/mol. The Morgan fingerprint density at radius 1 is 1.48 bits per heavy atom. The van der Waals surface area contributed by atoms with Crippen molar-refractivity contribution in [1.82, 2.24) is 4.31 Å². The Morgan fingerprint density at radius 3 is 2.86 bits per heavy atom.